The van der Waals surface area contributed by atoms with Crippen LogP contribution >= 0.6 is 0 Å². The Morgan fingerprint density at radius 2 is 1.56 bits per heavy atom. The Balaban J connectivity index is 1.64. The molecular weight excluding hydrogens is 336 g/mol. The highest BCUT2D eigenvalue weighted by Crippen LogP contribution is 2.29. The highest BCUT2D eigenvalue weighted by atomic mass is 16.5. The number of hydrogen-bond donors (Lipinski definition) is 0. The summed E-state index contributed by atoms with van der Waals surface area (Å²) in [5.41, 5.74) is 3.02. The Morgan fingerprint density at radius 3 is 2.26 bits per heavy atom. The molecule has 0 amide bonds. The van der Waals surface area contributed by atoms with Crippen LogP contribution in [0.4, 0.5) is 0 Å². The molecule has 3 aromatic carbocycles. The van der Waals surface area contributed by atoms with Crippen molar-refractivity contribution in [3.05, 3.63) is 95.6 Å². The van der Waals surface area contributed by atoms with Gasteiger partial charge in [0.15, 0.2) is 11.5 Å². The minimum Gasteiger partial charge on any atom is -0.489 e. The van der Waals surface area contributed by atoms with E-state index in [4.69, 9.17) is 9.47 Å². The van der Waals surface area contributed by atoms with Crippen molar-refractivity contribution in [3.63, 3.8) is 0 Å². The molecule has 3 nitrogen and oxygen atoms in total. The molecule has 0 saturated heterocycles. The van der Waals surface area contributed by atoms with E-state index >= 15 is 0 Å². The van der Waals surface area contributed by atoms with Crippen LogP contribution < -0.4 is 9.47 Å². The van der Waals surface area contributed by atoms with E-state index in [0.29, 0.717) is 30.3 Å². The summed E-state index contributed by atoms with van der Waals surface area (Å²) < 4.78 is 12.0. The summed E-state index contributed by atoms with van der Waals surface area (Å²) in [5, 5.41) is 0. The van der Waals surface area contributed by atoms with E-state index < -0.39 is 0 Å². The van der Waals surface area contributed by atoms with Crippen molar-refractivity contribution in [2.24, 2.45) is 0 Å². The molecular formula is C24H24O3. The first-order valence-corrected chi connectivity index (χ1v) is 9.20. The molecule has 0 heterocycles. The van der Waals surface area contributed by atoms with Crippen LogP contribution in [0.2, 0.25) is 0 Å². The van der Waals surface area contributed by atoms with Crippen LogP contribution in [0, 0.1) is 0 Å². The van der Waals surface area contributed by atoms with Crippen LogP contribution in [-0.4, -0.2) is 19.5 Å². The number of carbonyl (C=O) groups is 1. The first-order chi connectivity index (χ1) is 13.3. The van der Waals surface area contributed by atoms with Gasteiger partial charge in [-0.3, -0.25) is 4.79 Å². The molecule has 3 rings (SSSR count). The molecule has 0 N–H and O–H groups in total. The van der Waals surface area contributed by atoms with Gasteiger partial charge in [-0.05, 0) is 29.3 Å². The average molecular weight is 360 g/mol. The molecule has 0 radical (unpaired) electrons. The van der Waals surface area contributed by atoms with E-state index in [9.17, 15) is 4.79 Å². The summed E-state index contributed by atoms with van der Waals surface area (Å²) in [5.74, 6) is 1.53. The number of ether oxygens (including phenoxy) is 2. The maximum Gasteiger partial charge on any atom is 0.161 e. The topological polar surface area (TPSA) is 35.5 Å². The second-order valence-electron chi connectivity index (χ2n) is 6.53. The van der Waals surface area contributed by atoms with Gasteiger partial charge in [0.2, 0.25) is 0 Å². The zero-order valence-electron chi connectivity index (χ0n) is 15.5. The Kier molecular flexibility index (Phi) is 6.64. The molecule has 0 bridgehead atoms. The van der Waals surface area contributed by atoms with Gasteiger partial charge in [-0.1, -0.05) is 67.6 Å². The quantitative estimate of drug-likeness (QED) is 0.486. The summed E-state index contributed by atoms with van der Waals surface area (Å²) in [4.78, 5) is 11.1. The molecule has 0 aromatic heterocycles. The highest BCUT2D eigenvalue weighted by Gasteiger charge is 2.11. The predicted octanol–water partition coefficient (Wildman–Crippen LogP) is 5.30. The van der Waals surface area contributed by atoms with Gasteiger partial charge in [0, 0.05) is 17.9 Å². The lowest BCUT2D eigenvalue weighted by atomic mass is 10.0. The van der Waals surface area contributed by atoms with Crippen LogP contribution in [0.3, 0.4) is 0 Å². The second-order valence-corrected chi connectivity index (χ2v) is 6.53. The van der Waals surface area contributed by atoms with E-state index in [0.717, 1.165) is 12.7 Å². The van der Waals surface area contributed by atoms with Crippen molar-refractivity contribution in [2.75, 3.05) is 13.2 Å². The maximum absolute atomic E-state index is 11.1. The third-order valence-corrected chi connectivity index (χ3v) is 4.45. The molecule has 3 heteroatoms. The number of aldehydes is 1. The minimum absolute atomic E-state index is 0.258. The molecule has 0 spiro atoms. The molecule has 0 saturated carbocycles. The van der Waals surface area contributed by atoms with E-state index in [1.54, 1.807) is 18.2 Å². The third kappa shape index (κ3) is 5.45. The molecule has 0 unspecified atom stereocenters. The molecule has 3 aromatic rings. The SMILES string of the molecule is C[C@H](COc1ccc(C=O)cc1OCCc1ccccc1)c1ccccc1. The molecule has 1 atom stereocenters. The summed E-state index contributed by atoms with van der Waals surface area (Å²) in [6.07, 6.45) is 1.62. The van der Waals surface area contributed by atoms with Crippen LogP contribution in [0.1, 0.15) is 34.3 Å². The standard InChI is InChI=1S/C24H24O3/c1-19(22-10-6-3-7-11-22)18-27-23-13-12-21(17-25)16-24(23)26-15-14-20-8-4-2-5-9-20/h2-13,16-17,19H,14-15,18H2,1H3/t19-/m1/s1. The van der Waals surface area contributed by atoms with Gasteiger partial charge in [0.25, 0.3) is 0 Å². The highest BCUT2D eigenvalue weighted by molar-refractivity contribution is 5.76. The van der Waals surface area contributed by atoms with Gasteiger partial charge in [-0.15, -0.1) is 0 Å². The largest absolute Gasteiger partial charge is 0.489 e. The number of benzene rings is 3. The molecule has 0 aliphatic heterocycles. The first-order valence-electron chi connectivity index (χ1n) is 9.20. The van der Waals surface area contributed by atoms with Gasteiger partial charge >= 0.3 is 0 Å². The van der Waals surface area contributed by atoms with Gasteiger partial charge < -0.3 is 9.47 Å². The zero-order chi connectivity index (χ0) is 18.9. The lowest BCUT2D eigenvalue weighted by Gasteiger charge is -2.17. The Hall–Kier alpha value is -3.07. The van der Waals surface area contributed by atoms with E-state index in [-0.39, 0.29) is 5.92 Å². The third-order valence-electron chi connectivity index (χ3n) is 4.45. The van der Waals surface area contributed by atoms with Crippen molar-refractivity contribution in [1.82, 2.24) is 0 Å². The predicted molar refractivity (Wildman–Crippen MR) is 108 cm³/mol. The monoisotopic (exact) mass is 360 g/mol. The lowest BCUT2D eigenvalue weighted by molar-refractivity contribution is 0.112. The lowest BCUT2D eigenvalue weighted by Crippen LogP contribution is -2.09. The van der Waals surface area contributed by atoms with Crippen LogP contribution in [0.15, 0.2) is 78.9 Å². The number of carbonyl (C=O) groups excluding carboxylic acids is 1. The average Bonchev–Trinajstić information content (AvgIpc) is 2.74. The fourth-order valence-corrected chi connectivity index (χ4v) is 2.85. The normalized spacial score (nSPS) is 11.6. The summed E-state index contributed by atoms with van der Waals surface area (Å²) in [6.45, 7) is 3.20. The number of hydrogen-bond acceptors (Lipinski definition) is 3. The maximum atomic E-state index is 11.1. The van der Waals surface area contributed by atoms with E-state index in [1.165, 1.54) is 11.1 Å². The molecule has 138 valence electrons. The second kappa shape index (κ2) is 9.58. The van der Waals surface area contributed by atoms with E-state index in [2.05, 4.69) is 31.2 Å². The van der Waals surface area contributed by atoms with Crippen LogP contribution in [-0.2, 0) is 6.42 Å². The van der Waals surface area contributed by atoms with Crippen molar-refractivity contribution in [2.45, 2.75) is 19.3 Å². The van der Waals surface area contributed by atoms with Crippen LogP contribution in [0.25, 0.3) is 0 Å². The van der Waals surface area contributed by atoms with Gasteiger partial charge in [-0.2, -0.15) is 0 Å². The van der Waals surface area contributed by atoms with Crippen molar-refractivity contribution < 1.29 is 14.3 Å². The van der Waals surface area contributed by atoms with Crippen molar-refractivity contribution in [1.29, 1.82) is 0 Å². The fourth-order valence-electron chi connectivity index (χ4n) is 2.85. The molecule has 27 heavy (non-hydrogen) atoms. The Morgan fingerprint density at radius 1 is 0.852 bits per heavy atom. The summed E-state index contributed by atoms with van der Waals surface area (Å²) in [6, 6.07) is 25.7. The smallest absolute Gasteiger partial charge is 0.161 e. The Bertz CT molecular complexity index is 844. The van der Waals surface area contributed by atoms with Gasteiger partial charge in [-0.25, -0.2) is 0 Å². The zero-order valence-corrected chi connectivity index (χ0v) is 15.5. The molecule has 0 fully saturated rings. The molecule has 0 aliphatic rings. The minimum atomic E-state index is 0.258. The van der Waals surface area contributed by atoms with E-state index in [1.807, 2.05) is 36.4 Å². The number of rotatable bonds is 9. The van der Waals surface area contributed by atoms with Crippen molar-refractivity contribution >= 4 is 6.29 Å². The first kappa shape index (κ1) is 18.7. The fraction of sp³-hybridized carbons (Fsp3) is 0.208. The summed E-state index contributed by atoms with van der Waals surface area (Å²) >= 11 is 0. The van der Waals surface area contributed by atoms with Gasteiger partial charge in [0.05, 0.1) is 13.2 Å². The Labute approximate surface area is 160 Å². The van der Waals surface area contributed by atoms with Crippen LogP contribution in [0.5, 0.6) is 11.5 Å². The van der Waals surface area contributed by atoms with Gasteiger partial charge in [0.1, 0.15) is 6.29 Å². The van der Waals surface area contributed by atoms with Crippen molar-refractivity contribution in [3.8, 4) is 11.5 Å². The summed E-state index contributed by atoms with van der Waals surface area (Å²) in [7, 11) is 0. The molecule has 0 aliphatic carbocycles.